The average molecular weight is 412 g/mol. The summed E-state index contributed by atoms with van der Waals surface area (Å²) in [5.74, 6) is 2.44. The second-order valence-corrected chi connectivity index (χ2v) is 7.70. The molecule has 1 saturated carbocycles. The van der Waals surface area contributed by atoms with Crippen LogP contribution in [0.2, 0.25) is 5.02 Å². The molecular weight excluding hydrogens is 385 g/mol. The Hall–Kier alpha value is -1.63. The maximum absolute atomic E-state index is 12.2. The van der Waals surface area contributed by atoms with E-state index in [0.717, 1.165) is 41.6 Å². The third-order valence-corrected chi connectivity index (χ3v) is 5.27. The van der Waals surface area contributed by atoms with E-state index in [1.807, 2.05) is 45.4 Å². The van der Waals surface area contributed by atoms with Crippen molar-refractivity contribution in [3.8, 4) is 0 Å². The van der Waals surface area contributed by atoms with Crippen molar-refractivity contribution < 1.29 is 4.79 Å². The largest absolute Gasteiger partial charge is 0.353 e. The van der Waals surface area contributed by atoms with Crippen LogP contribution in [0.4, 0.5) is 0 Å². The summed E-state index contributed by atoms with van der Waals surface area (Å²) in [6.45, 7) is 0.776. The van der Waals surface area contributed by atoms with Crippen molar-refractivity contribution >= 4 is 29.9 Å². The highest BCUT2D eigenvalue weighted by Gasteiger charge is 2.34. The van der Waals surface area contributed by atoms with Gasteiger partial charge in [0.15, 0.2) is 0 Å². The van der Waals surface area contributed by atoms with Gasteiger partial charge in [-0.25, -0.2) is 0 Å². The maximum Gasteiger partial charge on any atom is 0.220 e. The van der Waals surface area contributed by atoms with Crippen molar-refractivity contribution in [1.82, 2.24) is 25.0 Å². The summed E-state index contributed by atoms with van der Waals surface area (Å²) < 4.78 is 2.08. The molecule has 1 aromatic heterocycles. The van der Waals surface area contributed by atoms with Gasteiger partial charge in [0.05, 0.1) is 6.54 Å². The Labute approximate surface area is 171 Å². The second kappa shape index (κ2) is 9.53. The molecule has 8 heteroatoms. The first-order chi connectivity index (χ1) is 12.4. The number of hydrogen-bond acceptors (Lipinski definition) is 4. The summed E-state index contributed by atoms with van der Waals surface area (Å²) in [5.41, 5.74) is 1.02. The van der Waals surface area contributed by atoms with Crippen molar-refractivity contribution in [2.45, 2.75) is 44.2 Å². The van der Waals surface area contributed by atoms with E-state index in [1.165, 1.54) is 0 Å². The zero-order valence-corrected chi connectivity index (χ0v) is 17.6. The minimum absolute atomic E-state index is 0. The molecular formula is C19H27Cl2N5O. The maximum atomic E-state index is 12.2. The number of aromatic nitrogens is 3. The van der Waals surface area contributed by atoms with E-state index in [1.54, 1.807) is 0 Å². The summed E-state index contributed by atoms with van der Waals surface area (Å²) in [6, 6.07) is 7.90. The van der Waals surface area contributed by atoms with Gasteiger partial charge in [-0.3, -0.25) is 4.79 Å². The summed E-state index contributed by atoms with van der Waals surface area (Å²) in [5, 5.41) is 12.5. The van der Waals surface area contributed by atoms with Crippen LogP contribution in [0.15, 0.2) is 24.3 Å². The summed E-state index contributed by atoms with van der Waals surface area (Å²) in [4.78, 5) is 14.3. The van der Waals surface area contributed by atoms with Gasteiger partial charge in [0.25, 0.3) is 0 Å². The molecule has 1 fully saturated rings. The van der Waals surface area contributed by atoms with Crippen LogP contribution in [0, 0.1) is 0 Å². The van der Waals surface area contributed by atoms with E-state index >= 15 is 0 Å². The lowest BCUT2D eigenvalue weighted by atomic mass is 9.79. The number of amides is 1. The molecule has 1 heterocycles. The van der Waals surface area contributed by atoms with E-state index in [4.69, 9.17) is 11.6 Å². The van der Waals surface area contributed by atoms with Gasteiger partial charge in [-0.1, -0.05) is 29.8 Å². The molecule has 1 aliphatic rings. The van der Waals surface area contributed by atoms with Crippen LogP contribution in [0.1, 0.15) is 42.4 Å². The fraction of sp³-hybridized carbons (Fsp3) is 0.526. The smallest absolute Gasteiger partial charge is 0.220 e. The molecule has 0 unspecified atom stereocenters. The normalized spacial score (nSPS) is 18.7. The predicted molar refractivity (Wildman–Crippen MR) is 109 cm³/mol. The zero-order chi connectivity index (χ0) is 18.7. The van der Waals surface area contributed by atoms with Gasteiger partial charge in [0.1, 0.15) is 11.6 Å². The Kier molecular flexibility index (Phi) is 7.65. The van der Waals surface area contributed by atoms with E-state index < -0.39 is 0 Å². The molecule has 0 bridgehead atoms. The second-order valence-electron chi connectivity index (χ2n) is 7.30. The van der Waals surface area contributed by atoms with Gasteiger partial charge >= 0.3 is 0 Å². The number of rotatable bonds is 7. The number of aryl methyl sites for hydroxylation is 1. The minimum atomic E-state index is 0. The first-order valence-corrected chi connectivity index (χ1v) is 9.37. The van der Waals surface area contributed by atoms with Crippen LogP contribution in [-0.4, -0.2) is 45.7 Å². The topological polar surface area (TPSA) is 63.1 Å². The molecule has 3 rings (SSSR count). The minimum Gasteiger partial charge on any atom is -0.353 e. The highest BCUT2D eigenvalue weighted by molar-refractivity contribution is 6.31. The highest BCUT2D eigenvalue weighted by atomic mass is 35.5. The molecule has 0 radical (unpaired) electrons. The Balaban J connectivity index is 0.00000261. The number of carbonyl (C=O) groups is 1. The number of carbonyl (C=O) groups excluding carboxylic acids is 1. The molecule has 0 spiro atoms. The fourth-order valence-electron chi connectivity index (χ4n) is 3.35. The predicted octanol–water partition coefficient (Wildman–Crippen LogP) is 2.95. The van der Waals surface area contributed by atoms with Gasteiger partial charge in [-0.05, 0) is 45.0 Å². The lowest BCUT2D eigenvalue weighted by Gasteiger charge is -2.35. The van der Waals surface area contributed by atoms with Gasteiger partial charge in [-0.15, -0.1) is 22.6 Å². The molecule has 0 saturated heterocycles. The molecule has 1 aliphatic carbocycles. The van der Waals surface area contributed by atoms with Gasteiger partial charge in [0, 0.05) is 30.5 Å². The Bertz CT molecular complexity index is 771. The molecule has 1 aromatic carbocycles. The van der Waals surface area contributed by atoms with Crippen LogP contribution < -0.4 is 5.32 Å². The Morgan fingerprint density at radius 3 is 2.67 bits per heavy atom. The Morgan fingerprint density at radius 1 is 1.30 bits per heavy atom. The molecule has 6 nitrogen and oxygen atoms in total. The number of nitrogens with zero attached hydrogens (tertiary/aromatic N) is 4. The molecule has 1 amide bonds. The molecule has 0 aliphatic heterocycles. The zero-order valence-electron chi connectivity index (χ0n) is 16.0. The van der Waals surface area contributed by atoms with Crippen LogP contribution in [0.3, 0.4) is 0 Å². The number of halogens is 2. The average Bonchev–Trinajstić information content (AvgIpc) is 2.90. The van der Waals surface area contributed by atoms with Gasteiger partial charge in [-0.2, -0.15) is 0 Å². The molecule has 0 atom stereocenters. The molecule has 2 aromatic rings. The lowest BCUT2D eigenvalue weighted by Crippen LogP contribution is -2.44. The first-order valence-electron chi connectivity index (χ1n) is 8.99. The number of benzene rings is 1. The van der Waals surface area contributed by atoms with Gasteiger partial charge in [0.2, 0.25) is 5.91 Å². The van der Waals surface area contributed by atoms with Crippen molar-refractivity contribution in [2.24, 2.45) is 7.05 Å². The summed E-state index contributed by atoms with van der Waals surface area (Å²) in [7, 11) is 6.06. The van der Waals surface area contributed by atoms with Crippen LogP contribution >= 0.6 is 24.0 Å². The number of nitrogens with one attached hydrogen (secondary N) is 1. The quantitative estimate of drug-likeness (QED) is 0.760. The van der Waals surface area contributed by atoms with Crippen molar-refractivity contribution in [3.63, 3.8) is 0 Å². The van der Waals surface area contributed by atoms with E-state index in [-0.39, 0.29) is 24.4 Å². The van der Waals surface area contributed by atoms with E-state index in [2.05, 4.69) is 25.0 Å². The Morgan fingerprint density at radius 2 is 2.00 bits per heavy atom. The van der Waals surface area contributed by atoms with E-state index in [9.17, 15) is 4.79 Å². The highest BCUT2D eigenvalue weighted by Crippen LogP contribution is 2.36. The standard InChI is InChI=1S/C19H26ClN5O.ClH/c1-24(2)12-17-22-23-19(25(17)3)14-10-15(11-14)21-18(26)9-8-13-6-4-5-7-16(13)20;/h4-7,14-15H,8-12H2,1-3H3,(H,21,26);1H. The van der Waals surface area contributed by atoms with Crippen molar-refractivity contribution in [1.29, 1.82) is 0 Å². The van der Waals surface area contributed by atoms with Crippen molar-refractivity contribution in [3.05, 3.63) is 46.5 Å². The van der Waals surface area contributed by atoms with E-state index in [0.29, 0.717) is 18.8 Å². The summed E-state index contributed by atoms with van der Waals surface area (Å²) >= 11 is 6.14. The molecule has 148 valence electrons. The van der Waals surface area contributed by atoms with Crippen LogP contribution in [0.25, 0.3) is 0 Å². The first kappa shape index (κ1) is 21.7. The summed E-state index contributed by atoms with van der Waals surface area (Å²) in [6.07, 6.45) is 2.97. The third-order valence-electron chi connectivity index (χ3n) is 4.90. The van der Waals surface area contributed by atoms with Crippen molar-refractivity contribution in [2.75, 3.05) is 14.1 Å². The molecule has 27 heavy (non-hydrogen) atoms. The van der Waals surface area contributed by atoms with Gasteiger partial charge < -0.3 is 14.8 Å². The van der Waals surface area contributed by atoms with Crippen LogP contribution in [0.5, 0.6) is 0 Å². The SMILES string of the molecule is CN(C)Cc1nnc(C2CC(NC(=O)CCc3ccccc3Cl)C2)n1C.Cl. The monoisotopic (exact) mass is 411 g/mol. The number of hydrogen-bond donors (Lipinski definition) is 1. The third kappa shape index (κ3) is 5.43. The lowest BCUT2D eigenvalue weighted by molar-refractivity contribution is -0.122. The van der Waals surface area contributed by atoms with Crippen LogP contribution in [-0.2, 0) is 24.8 Å². The molecule has 1 N–H and O–H groups in total. The fourth-order valence-corrected chi connectivity index (χ4v) is 3.58.